The lowest BCUT2D eigenvalue weighted by Gasteiger charge is -2.31. The van der Waals surface area contributed by atoms with Gasteiger partial charge in [-0.05, 0) is 114 Å². The van der Waals surface area contributed by atoms with Crippen LogP contribution in [0.3, 0.4) is 0 Å². The van der Waals surface area contributed by atoms with Crippen LogP contribution in [0.15, 0.2) is 99.9 Å². The maximum atomic E-state index is 13.4. The molecule has 2 atom stereocenters. The molecule has 4 aliphatic heterocycles. The third-order valence-corrected chi connectivity index (χ3v) is 15.7. The molecule has 2 saturated heterocycles. The quantitative estimate of drug-likeness (QED) is 0.0361. The van der Waals surface area contributed by atoms with Crippen molar-refractivity contribution in [1.82, 2.24) is 61.7 Å². The summed E-state index contributed by atoms with van der Waals surface area (Å²) in [7, 11) is 3.03. The number of H-pyrrole nitrogens is 3. The summed E-state index contributed by atoms with van der Waals surface area (Å²) in [6.45, 7) is 5.85. The highest BCUT2D eigenvalue weighted by atomic mass is 79.9. The zero-order valence-corrected chi connectivity index (χ0v) is 52.5. The summed E-state index contributed by atoms with van der Waals surface area (Å²) in [4.78, 5) is 98.7. The van der Waals surface area contributed by atoms with E-state index in [1.165, 1.54) is 57.0 Å². The van der Waals surface area contributed by atoms with Gasteiger partial charge in [-0.3, -0.25) is 54.7 Å². The van der Waals surface area contributed by atoms with Gasteiger partial charge in [-0.1, -0.05) is 64.5 Å². The predicted molar refractivity (Wildman–Crippen MR) is 311 cm³/mol. The van der Waals surface area contributed by atoms with Crippen molar-refractivity contribution in [3.8, 4) is 22.6 Å². The first-order chi connectivity index (χ1) is 43.7. The number of benzene rings is 4. The lowest BCUT2D eigenvalue weighted by Crippen LogP contribution is -2.52. The number of ketones is 2. The van der Waals surface area contributed by atoms with Crippen molar-refractivity contribution in [2.75, 3.05) is 27.3 Å². The molecule has 0 aliphatic carbocycles. The SMILES string of the molecule is CC(=O)CC(=O)C(F)(F)F.COc1ccc2c(c1)C(=O)N(C[C@@]1(c3ccc(-c4c(C(F)(F)F)n[nH]c4C)cc3)NC(=O)NC1=O)C2.COc1ccc2c(c1)C(=O)N(C[C@@]1(c3ccc(Br)cc3)NC(=O)NC1=O)C2.Cc1[nH]nc(C(F)(F)F)c1Br.Cc1cc(C(F)(F)F)n[nH]1. The van der Waals surface area contributed by atoms with E-state index in [0.29, 0.717) is 51.7 Å². The van der Waals surface area contributed by atoms with E-state index in [1.54, 1.807) is 66.6 Å². The van der Waals surface area contributed by atoms with E-state index in [0.717, 1.165) is 28.6 Å². The molecular formula is C58H50Br2F12N12O10. The lowest BCUT2D eigenvalue weighted by atomic mass is 9.87. The Morgan fingerprint density at radius 2 is 1.00 bits per heavy atom. The molecule has 36 heteroatoms. The largest absolute Gasteiger partial charge is 0.497 e. The Labute approximate surface area is 539 Å². The highest BCUT2D eigenvalue weighted by molar-refractivity contribution is 9.10. The summed E-state index contributed by atoms with van der Waals surface area (Å²) in [6.07, 6.45) is -19.3. The van der Waals surface area contributed by atoms with Crippen molar-refractivity contribution in [3.05, 3.63) is 167 Å². The van der Waals surface area contributed by atoms with E-state index in [-0.39, 0.29) is 52.7 Å². The second-order valence-corrected chi connectivity index (χ2v) is 22.6. The number of amides is 8. The third kappa shape index (κ3) is 16.2. The highest BCUT2D eigenvalue weighted by Gasteiger charge is 2.52. The number of carbonyl (C=O) groups excluding carboxylic acids is 8. The minimum absolute atomic E-state index is 0.0231. The number of nitrogens with zero attached hydrogens (tertiary/aromatic N) is 5. The number of fused-ring (bicyclic) bond motifs is 2. The first-order valence-corrected chi connectivity index (χ1v) is 28.5. The van der Waals surface area contributed by atoms with E-state index >= 15 is 0 Å². The highest BCUT2D eigenvalue weighted by Crippen LogP contribution is 2.40. The van der Waals surface area contributed by atoms with Crippen molar-refractivity contribution in [1.29, 1.82) is 0 Å². The number of methoxy groups -OCH3 is 2. The van der Waals surface area contributed by atoms with Crippen LogP contribution in [-0.2, 0) is 61.9 Å². The molecule has 500 valence electrons. The Bertz CT molecular complexity index is 4060. The predicted octanol–water partition coefficient (Wildman–Crippen LogP) is 10.6. The molecule has 0 unspecified atom stereocenters. The average molecular weight is 1460 g/mol. The molecule has 7 N–H and O–H groups in total. The van der Waals surface area contributed by atoms with Crippen molar-refractivity contribution in [2.45, 2.75) is 83.0 Å². The van der Waals surface area contributed by atoms with Gasteiger partial charge < -0.3 is 29.9 Å². The molecule has 8 amide bonds. The molecule has 0 spiro atoms. The zero-order valence-electron chi connectivity index (χ0n) is 49.3. The molecule has 7 aromatic rings. The van der Waals surface area contributed by atoms with E-state index < -0.39 is 94.7 Å². The van der Waals surface area contributed by atoms with Gasteiger partial charge in [0.1, 0.15) is 17.3 Å². The first kappa shape index (κ1) is 71.8. The van der Waals surface area contributed by atoms with Crippen LogP contribution in [0, 0.1) is 20.8 Å². The molecule has 94 heavy (non-hydrogen) atoms. The maximum Gasteiger partial charge on any atom is 0.450 e. The molecule has 3 aromatic heterocycles. The van der Waals surface area contributed by atoms with E-state index in [1.807, 2.05) is 6.07 Å². The number of aryl methyl sites for hydroxylation is 3. The fraction of sp³-hybridized carbons (Fsp3) is 0.293. The van der Waals surface area contributed by atoms with Crippen LogP contribution in [0.25, 0.3) is 11.1 Å². The van der Waals surface area contributed by atoms with Gasteiger partial charge in [-0.2, -0.15) is 68.0 Å². The third-order valence-electron chi connectivity index (χ3n) is 14.2. The molecular weight excluding hydrogens is 1410 g/mol. The van der Waals surface area contributed by atoms with Crippen molar-refractivity contribution >= 4 is 79.1 Å². The van der Waals surface area contributed by atoms with Gasteiger partial charge in [0, 0.05) is 51.3 Å². The van der Waals surface area contributed by atoms with Gasteiger partial charge in [0.2, 0.25) is 5.78 Å². The number of halogens is 14. The fourth-order valence-electron chi connectivity index (χ4n) is 9.69. The molecule has 22 nitrogen and oxygen atoms in total. The molecule has 2 fully saturated rings. The number of alkyl halides is 12. The molecule has 7 heterocycles. The standard InChI is InChI=1S/C24H20F3N5O4.C19H16BrN3O4.C5H4BrF3N2.C5H5F3N2.C5H5F3O2/c1-12-18(19(31-30-12)24(25,26)27)13-3-6-15(7-4-13)23(21(34)28-22(35)29-23)11-32-10-14-5-8-16(36-2)9-17(14)20(32)33;1-27-14-7-2-11-9-23(16(24)15(11)8-14)10-19(17(25)21-18(26)22-19)12-3-5-13(20)6-4-12;1-2-3(6)4(11-10-2)5(7,8)9;1-3-2-4(10-9-3)5(6,7)8;1-3(9)2-4(10)5(6,7)8/h3-9H,10-11H2,1-2H3,(H,30,31)(H2,28,29,34,35);2-8H,9-10H2,1H3,(H2,21,22,25,26);1H3,(H,10,11);2H,1H3,(H,9,10);2H2,1H3/t23-;19-;;;/m00.../s1. The van der Waals surface area contributed by atoms with Gasteiger partial charge in [-0.25, -0.2) is 9.59 Å². The van der Waals surface area contributed by atoms with Crippen LogP contribution < -0.4 is 30.7 Å². The number of Topliss-reactive ketones (excluding diaryl/α,β-unsaturated/α-hetero) is 2. The van der Waals surface area contributed by atoms with Crippen LogP contribution in [0.2, 0.25) is 0 Å². The molecule has 4 aliphatic rings. The summed E-state index contributed by atoms with van der Waals surface area (Å²) in [6, 6.07) is 22.9. The Hall–Kier alpha value is -9.61. The number of hydrogen-bond donors (Lipinski definition) is 7. The number of rotatable bonds is 11. The number of urea groups is 2. The van der Waals surface area contributed by atoms with Crippen LogP contribution in [0.1, 0.15) is 90.5 Å². The van der Waals surface area contributed by atoms with Crippen molar-refractivity contribution in [3.63, 3.8) is 0 Å². The van der Waals surface area contributed by atoms with Gasteiger partial charge in [-0.15, -0.1) is 0 Å². The monoisotopic (exact) mass is 1460 g/mol. The first-order valence-electron chi connectivity index (χ1n) is 26.9. The normalized spacial score (nSPS) is 17.4. The van der Waals surface area contributed by atoms with Gasteiger partial charge >= 0.3 is 36.8 Å². The second kappa shape index (κ2) is 27.9. The number of hydrogen-bond acceptors (Lipinski definition) is 13. The summed E-state index contributed by atoms with van der Waals surface area (Å²) in [5.41, 5.74) is -1.16. The molecule has 0 bridgehead atoms. The Kier molecular flexibility index (Phi) is 21.3. The number of aromatic amines is 3. The zero-order chi connectivity index (χ0) is 69.8. The van der Waals surface area contributed by atoms with E-state index in [4.69, 9.17) is 9.47 Å². The Balaban J connectivity index is 0.000000187. The number of aromatic nitrogens is 6. The summed E-state index contributed by atoms with van der Waals surface area (Å²) in [5.74, 6) is -3.34. The average Bonchev–Trinajstić information content (AvgIpc) is 1.58. The van der Waals surface area contributed by atoms with Crippen molar-refractivity contribution in [2.24, 2.45) is 0 Å². The molecule has 0 saturated carbocycles. The number of ether oxygens (including phenoxy) is 2. The van der Waals surface area contributed by atoms with Gasteiger partial charge in [0.05, 0.1) is 38.2 Å². The van der Waals surface area contributed by atoms with Crippen LogP contribution >= 0.6 is 31.9 Å². The topological polar surface area (TPSA) is 296 Å². The number of carbonyl (C=O) groups is 8. The Morgan fingerprint density at radius 3 is 1.32 bits per heavy atom. The second-order valence-electron chi connectivity index (χ2n) is 20.9. The van der Waals surface area contributed by atoms with Gasteiger partial charge in [0.15, 0.2) is 28.2 Å². The summed E-state index contributed by atoms with van der Waals surface area (Å²) >= 11 is 6.14. The lowest BCUT2D eigenvalue weighted by molar-refractivity contribution is -0.171. The maximum absolute atomic E-state index is 13.4. The van der Waals surface area contributed by atoms with Crippen LogP contribution in [0.4, 0.5) is 62.3 Å². The molecule has 4 aromatic carbocycles. The summed E-state index contributed by atoms with van der Waals surface area (Å²) in [5, 5.41) is 26.1. The minimum atomic E-state index is -4.87. The molecule has 0 radical (unpaired) electrons. The number of nitrogens with one attached hydrogen (secondary N) is 7. The summed E-state index contributed by atoms with van der Waals surface area (Å²) < 4.78 is 156. The van der Waals surface area contributed by atoms with Gasteiger partial charge in [0.25, 0.3) is 23.6 Å². The van der Waals surface area contributed by atoms with Crippen LogP contribution in [-0.4, -0.2) is 121 Å². The Morgan fingerprint density at radius 1 is 0.564 bits per heavy atom. The fourth-order valence-corrected chi connectivity index (χ4v) is 10.4. The van der Waals surface area contributed by atoms with Crippen LogP contribution in [0.5, 0.6) is 11.5 Å². The number of imide groups is 2. The minimum Gasteiger partial charge on any atom is -0.497 e. The smallest absolute Gasteiger partial charge is 0.450 e. The molecule has 11 rings (SSSR count). The van der Waals surface area contributed by atoms with E-state index in [9.17, 15) is 91.0 Å². The van der Waals surface area contributed by atoms with E-state index in [2.05, 4.69) is 83.7 Å². The van der Waals surface area contributed by atoms with Crippen molar-refractivity contribution < 1.29 is 101 Å².